The molecule has 2 aromatic heterocycles. The quantitative estimate of drug-likeness (QED) is 0.717. The Bertz CT molecular complexity index is 490. The van der Waals surface area contributed by atoms with Gasteiger partial charge in [0, 0.05) is 27.9 Å². The van der Waals surface area contributed by atoms with E-state index >= 15 is 0 Å². The standard InChI is InChI=1S/C14H17BrN2OS/c1-18-14-9-12(16-10-17-14)8-11(15)4-2-5-13-6-3-7-19-13/h3,6-7,9-11H,2,4-5,8H2,1H3. The van der Waals surface area contributed by atoms with Crippen molar-refractivity contribution in [1.29, 1.82) is 0 Å². The number of hydrogen-bond donors (Lipinski definition) is 0. The first kappa shape index (κ1) is 14.5. The first-order chi connectivity index (χ1) is 9.28. The average Bonchev–Trinajstić information content (AvgIpc) is 2.92. The zero-order valence-corrected chi connectivity index (χ0v) is 13.3. The number of aryl methyl sites for hydroxylation is 1. The van der Waals surface area contributed by atoms with Gasteiger partial charge >= 0.3 is 0 Å². The van der Waals surface area contributed by atoms with Crippen molar-refractivity contribution in [2.45, 2.75) is 30.5 Å². The molecule has 0 aliphatic rings. The monoisotopic (exact) mass is 340 g/mol. The topological polar surface area (TPSA) is 35.0 Å². The Hall–Kier alpha value is -0.940. The molecule has 2 aromatic rings. The van der Waals surface area contributed by atoms with Gasteiger partial charge in [0.05, 0.1) is 7.11 Å². The van der Waals surface area contributed by atoms with Crippen LogP contribution in [0.4, 0.5) is 0 Å². The van der Waals surface area contributed by atoms with E-state index in [1.807, 2.05) is 17.4 Å². The van der Waals surface area contributed by atoms with E-state index in [-0.39, 0.29) is 0 Å². The van der Waals surface area contributed by atoms with E-state index in [1.165, 1.54) is 11.3 Å². The molecular weight excluding hydrogens is 324 g/mol. The molecule has 0 saturated carbocycles. The summed E-state index contributed by atoms with van der Waals surface area (Å²) in [5, 5.41) is 2.13. The lowest BCUT2D eigenvalue weighted by Gasteiger charge is -2.09. The number of hydrogen-bond acceptors (Lipinski definition) is 4. The Morgan fingerprint density at radius 2 is 2.32 bits per heavy atom. The van der Waals surface area contributed by atoms with Crippen LogP contribution in [0.3, 0.4) is 0 Å². The van der Waals surface area contributed by atoms with Crippen LogP contribution in [0.1, 0.15) is 23.4 Å². The molecule has 0 fully saturated rings. The normalized spacial score (nSPS) is 12.3. The SMILES string of the molecule is COc1cc(CC(Br)CCCc2cccs2)ncn1. The Morgan fingerprint density at radius 1 is 1.42 bits per heavy atom. The molecule has 0 N–H and O–H groups in total. The molecular formula is C14H17BrN2OS. The van der Waals surface area contributed by atoms with Crippen molar-refractivity contribution < 1.29 is 4.74 Å². The molecule has 3 nitrogen and oxygen atoms in total. The van der Waals surface area contributed by atoms with Crippen LogP contribution in [0, 0.1) is 0 Å². The van der Waals surface area contributed by atoms with E-state index in [9.17, 15) is 0 Å². The molecule has 0 saturated heterocycles. The molecule has 0 aliphatic carbocycles. The van der Waals surface area contributed by atoms with Gasteiger partial charge in [0.1, 0.15) is 6.33 Å². The predicted molar refractivity (Wildman–Crippen MR) is 82.3 cm³/mol. The Balaban J connectivity index is 1.75. The van der Waals surface area contributed by atoms with Gasteiger partial charge in [-0.15, -0.1) is 11.3 Å². The number of nitrogens with zero attached hydrogens (tertiary/aromatic N) is 2. The molecule has 2 heterocycles. The van der Waals surface area contributed by atoms with Crippen LogP contribution in [0.5, 0.6) is 5.88 Å². The van der Waals surface area contributed by atoms with Gasteiger partial charge in [0.2, 0.25) is 5.88 Å². The van der Waals surface area contributed by atoms with Gasteiger partial charge < -0.3 is 4.74 Å². The number of rotatable bonds is 7. The lowest BCUT2D eigenvalue weighted by Crippen LogP contribution is -2.05. The van der Waals surface area contributed by atoms with Gasteiger partial charge in [0.25, 0.3) is 0 Å². The molecule has 102 valence electrons. The zero-order valence-electron chi connectivity index (χ0n) is 10.9. The molecule has 0 bridgehead atoms. The number of alkyl halides is 1. The number of methoxy groups -OCH3 is 1. The minimum Gasteiger partial charge on any atom is -0.481 e. The highest BCUT2D eigenvalue weighted by atomic mass is 79.9. The van der Waals surface area contributed by atoms with Gasteiger partial charge in [-0.25, -0.2) is 9.97 Å². The summed E-state index contributed by atoms with van der Waals surface area (Å²) < 4.78 is 5.10. The molecule has 0 radical (unpaired) electrons. The highest BCUT2D eigenvalue weighted by Gasteiger charge is 2.08. The summed E-state index contributed by atoms with van der Waals surface area (Å²) in [5.41, 5.74) is 1.02. The van der Waals surface area contributed by atoms with Crippen LogP contribution in [0.15, 0.2) is 29.9 Å². The van der Waals surface area contributed by atoms with Crippen LogP contribution in [-0.4, -0.2) is 21.9 Å². The minimum atomic E-state index is 0.451. The average molecular weight is 341 g/mol. The maximum Gasteiger partial charge on any atom is 0.216 e. The number of thiophene rings is 1. The molecule has 5 heteroatoms. The summed E-state index contributed by atoms with van der Waals surface area (Å²) in [5.74, 6) is 0.628. The Morgan fingerprint density at radius 3 is 3.05 bits per heavy atom. The van der Waals surface area contributed by atoms with Gasteiger partial charge in [-0.05, 0) is 30.7 Å². The first-order valence-electron chi connectivity index (χ1n) is 6.29. The van der Waals surface area contributed by atoms with E-state index in [4.69, 9.17) is 4.74 Å². The fraction of sp³-hybridized carbons (Fsp3) is 0.429. The molecule has 0 amide bonds. The summed E-state index contributed by atoms with van der Waals surface area (Å²) in [4.78, 5) is 10.2. The maximum absolute atomic E-state index is 5.10. The van der Waals surface area contributed by atoms with Crippen molar-refractivity contribution in [2.24, 2.45) is 0 Å². The molecule has 19 heavy (non-hydrogen) atoms. The van der Waals surface area contributed by atoms with Crippen molar-refractivity contribution in [3.63, 3.8) is 0 Å². The predicted octanol–water partition coefficient (Wildman–Crippen LogP) is 3.88. The number of ether oxygens (including phenoxy) is 1. The van der Waals surface area contributed by atoms with Crippen molar-refractivity contribution in [3.05, 3.63) is 40.5 Å². The van der Waals surface area contributed by atoms with Crippen molar-refractivity contribution >= 4 is 27.3 Å². The second-order valence-electron chi connectivity index (χ2n) is 4.32. The summed E-state index contributed by atoms with van der Waals surface area (Å²) in [6.07, 6.45) is 5.96. The third-order valence-corrected chi connectivity index (χ3v) is 4.58. The van der Waals surface area contributed by atoms with E-state index < -0.39 is 0 Å². The summed E-state index contributed by atoms with van der Waals surface area (Å²) in [6, 6.07) is 6.20. The van der Waals surface area contributed by atoms with Gasteiger partial charge in [-0.2, -0.15) is 0 Å². The van der Waals surface area contributed by atoms with Crippen molar-refractivity contribution in [3.8, 4) is 5.88 Å². The minimum absolute atomic E-state index is 0.451. The molecule has 1 unspecified atom stereocenters. The highest BCUT2D eigenvalue weighted by Crippen LogP contribution is 2.18. The first-order valence-corrected chi connectivity index (χ1v) is 8.09. The molecule has 0 aliphatic heterocycles. The van der Waals surface area contributed by atoms with Crippen LogP contribution in [-0.2, 0) is 12.8 Å². The Kier molecular flexibility index (Phi) is 5.79. The molecule has 0 aromatic carbocycles. The smallest absolute Gasteiger partial charge is 0.216 e. The largest absolute Gasteiger partial charge is 0.481 e. The summed E-state index contributed by atoms with van der Waals surface area (Å²) in [7, 11) is 1.62. The van der Waals surface area contributed by atoms with Gasteiger partial charge in [0.15, 0.2) is 0 Å². The number of halogens is 1. The van der Waals surface area contributed by atoms with Crippen molar-refractivity contribution in [2.75, 3.05) is 7.11 Å². The lowest BCUT2D eigenvalue weighted by molar-refractivity contribution is 0.396. The third kappa shape index (κ3) is 4.91. The third-order valence-electron chi connectivity index (χ3n) is 2.86. The fourth-order valence-electron chi connectivity index (χ4n) is 1.88. The molecule has 0 spiro atoms. The van der Waals surface area contributed by atoms with E-state index in [0.29, 0.717) is 10.7 Å². The summed E-state index contributed by atoms with van der Waals surface area (Å²) in [6.45, 7) is 0. The van der Waals surface area contributed by atoms with Crippen molar-refractivity contribution in [1.82, 2.24) is 9.97 Å². The lowest BCUT2D eigenvalue weighted by atomic mass is 10.1. The van der Waals surface area contributed by atoms with Crippen LogP contribution >= 0.6 is 27.3 Å². The summed E-state index contributed by atoms with van der Waals surface area (Å²) >= 11 is 5.56. The maximum atomic E-state index is 5.10. The second kappa shape index (κ2) is 7.60. The van der Waals surface area contributed by atoms with Gasteiger partial charge in [-0.3, -0.25) is 0 Å². The Labute approximate surface area is 126 Å². The zero-order chi connectivity index (χ0) is 13.5. The van der Waals surface area contributed by atoms with E-state index in [1.54, 1.807) is 13.4 Å². The van der Waals surface area contributed by atoms with Crippen LogP contribution in [0.2, 0.25) is 0 Å². The number of aromatic nitrogens is 2. The molecule has 1 atom stereocenters. The van der Waals surface area contributed by atoms with E-state index in [2.05, 4.69) is 43.4 Å². The second-order valence-corrected chi connectivity index (χ2v) is 6.65. The highest BCUT2D eigenvalue weighted by molar-refractivity contribution is 9.09. The van der Waals surface area contributed by atoms with Crippen LogP contribution < -0.4 is 4.74 Å². The molecule has 2 rings (SSSR count). The van der Waals surface area contributed by atoms with Crippen LogP contribution in [0.25, 0.3) is 0 Å². The van der Waals surface area contributed by atoms with E-state index in [0.717, 1.165) is 25.0 Å². The fourth-order valence-corrected chi connectivity index (χ4v) is 3.29. The van der Waals surface area contributed by atoms with Gasteiger partial charge in [-0.1, -0.05) is 22.0 Å².